The molecule has 0 bridgehead atoms. The maximum Gasteiger partial charge on any atom is 0.166 e. The molecule has 21 heavy (non-hydrogen) atoms. The summed E-state index contributed by atoms with van der Waals surface area (Å²) in [6.45, 7) is 0. The number of anilines is 1. The van der Waals surface area contributed by atoms with Crippen LogP contribution >= 0.6 is 11.6 Å². The fourth-order valence-corrected chi connectivity index (χ4v) is 2.83. The summed E-state index contributed by atoms with van der Waals surface area (Å²) in [7, 11) is 4.05. The van der Waals surface area contributed by atoms with E-state index >= 15 is 0 Å². The third-order valence-corrected chi connectivity index (χ3v) is 4.35. The lowest BCUT2D eigenvalue weighted by atomic mass is 10.0. The van der Waals surface area contributed by atoms with Gasteiger partial charge in [-0.1, -0.05) is 23.7 Å². The van der Waals surface area contributed by atoms with Crippen LogP contribution in [-0.2, 0) is 0 Å². The molecule has 2 nitrogen and oxygen atoms in total. The average Bonchev–Trinajstić information content (AvgIpc) is 3.28. The van der Waals surface area contributed by atoms with E-state index in [0.717, 1.165) is 12.0 Å². The molecule has 2 aromatic carbocycles. The van der Waals surface area contributed by atoms with Crippen LogP contribution in [-0.4, -0.2) is 19.9 Å². The highest BCUT2D eigenvalue weighted by Crippen LogP contribution is 2.49. The molecule has 0 aliphatic heterocycles. The molecule has 0 heterocycles. The van der Waals surface area contributed by atoms with Crippen molar-refractivity contribution in [3.63, 3.8) is 0 Å². The van der Waals surface area contributed by atoms with Gasteiger partial charge < -0.3 is 4.90 Å². The van der Waals surface area contributed by atoms with Crippen molar-refractivity contribution in [3.05, 3.63) is 64.7 Å². The fourth-order valence-electron chi connectivity index (χ4n) is 2.70. The lowest BCUT2D eigenvalue weighted by Gasteiger charge is -2.12. The van der Waals surface area contributed by atoms with Crippen molar-refractivity contribution in [2.75, 3.05) is 19.0 Å². The molecule has 1 aliphatic carbocycles. The minimum absolute atomic E-state index is 0.122. The topological polar surface area (TPSA) is 20.3 Å². The summed E-state index contributed by atoms with van der Waals surface area (Å²) in [5.74, 6) is 0.717. The van der Waals surface area contributed by atoms with Gasteiger partial charge in [-0.05, 0) is 54.3 Å². The van der Waals surface area contributed by atoms with E-state index in [9.17, 15) is 4.79 Å². The molecule has 2 aromatic rings. The Morgan fingerprint density at radius 1 is 1.05 bits per heavy atom. The minimum Gasteiger partial charge on any atom is -0.378 e. The highest BCUT2D eigenvalue weighted by Gasteiger charge is 2.43. The van der Waals surface area contributed by atoms with Crippen molar-refractivity contribution in [2.45, 2.75) is 12.3 Å². The third-order valence-electron chi connectivity index (χ3n) is 4.09. The Morgan fingerprint density at radius 3 is 2.24 bits per heavy atom. The van der Waals surface area contributed by atoms with Gasteiger partial charge in [0.25, 0.3) is 0 Å². The molecule has 0 radical (unpaired) electrons. The zero-order valence-corrected chi connectivity index (χ0v) is 13.0. The molecule has 1 fully saturated rings. The van der Waals surface area contributed by atoms with E-state index in [1.54, 1.807) is 12.1 Å². The van der Waals surface area contributed by atoms with Crippen LogP contribution in [0, 0.1) is 5.92 Å². The smallest absolute Gasteiger partial charge is 0.166 e. The van der Waals surface area contributed by atoms with Crippen LogP contribution in [0.3, 0.4) is 0 Å². The molecule has 0 N–H and O–H groups in total. The van der Waals surface area contributed by atoms with E-state index in [4.69, 9.17) is 11.6 Å². The number of Topliss-reactive ketones (excluding diaryl/α,β-unsaturated/α-hetero) is 1. The van der Waals surface area contributed by atoms with Crippen molar-refractivity contribution >= 4 is 23.1 Å². The molecule has 0 unspecified atom stereocenters. The number of nitrogens with zero attached hydrogens (tertiary/aromatic N) is 1. The molecular weight excluding hydrogens is 282 g/mol. The van der Waals surface area contributed by atoms with Gasteiger partial charge in [0.15, 0.2) is 5.78 Å². The molecule has 0 aromatic heterocycles. The monoisotopic (exact) mass is 299 g/mol. The second-order valence-corrected chi connectivity index (χ2v) is 6.24. The number of carbonyl (C=O) groups excluding carboxylic acids is 1. The largest absolute Gasteiger partial charge is 0.378 e. The molecule has 1 aliphatic rings. The molecule has 3 heteroatoms. The van der Waals surface area contributed by atoms with Crippen LogP contribution in [0.25, 0.3) is 0 Å². The van der Waals surface area contributed by atoms with E-state index in [0.29, 0.717) is 10.9 Å². The normalized spacial score (nSPS) is 20.1. The Kier molecular flexibility index (Phi) is 3.73. The molecule has 1 saturated carbocycles. The summed E-state index contributed by atoms with van der Waals surface area (Å²) >= 11 is 5.86. The Balaban J connectivity index is 1.71. The molecular formula is C18H18ClNO. The zero-order chi connectivity index (χ0) is 15.0. The molecule has 0 saturated heterocycles. The van der Waals surface area contributed by atoms with Gasteiger partial charge in [0.1, 0.15) is 0 Å². The van der Waals surface area contributed by atoms with E-state index in [1.807, 2.05) is 26.2 Å². The van der Waals surface area contributed by atoms with Gasteiger partial charge in [0, 0.05) is 36.3 Å². The number of halogens is 1. The second-order valence-electron chi connectivity index (χ2n) is 5.81. The Hall–Kier alpha value is -1.80. The van der Waals surface area contributed by atoms with Crippen LogP contribution in [0.15, 0.2) is 48.5 Å². The first-order chi connectivity index (χ1) is 10.1. The molecule has 108 valence electrons. The summed E-state index contributed by atoms with van der Waals surface area (Å²) < 4.78 is 0. The predicted octanol–water partition coefficient (Wildman–Crippen LogP) is 4.39. The number of carbonyl (C=O) groups is 1. The van der Waals surface area contributed by atoms with Gasteiger partial charge in [0.05, 0.1) is 0 Å². The van der Waals surface area contributed by atoms with E-state index in [2.05, 4.69) is 29.2 Å². The Labute approximate surface area is 130 Å². The summed E-state index contributed by atoms with van der Waals surface area (Å²) in [4.78, 5) is 14.5. The molecule has 2 atom stereocenters. The van der Waals surface area contributed by atoms with Crippen LogP contribution in [0.2, 0.25) is 5.02 Å². The van der Waals surface area contributed by atoms with Gasteiger partial charge in [-0.15, -0.1) is 0 Å². The van der Waals surface area contributed by atoms with E-state index in [-0.39, 0.29) is 11.7 Å². The van der Waals surface area contributed by atoms with Crippen LogP contribution in [0.1, 0.15) is 28.3 Å². The first kappa shape index (κ1) is 14.2. The maximum atomic E-state index is 12.4. The number of hydrogen-bond acceptors (Lipinski definition) is 2. The molecule has 0 spiro atoms. The lowest BCUT2D eigenvalue weighted by Crippen LogP contribution is -2.08. The van der Waals surface area contributed by atoms with Gasteiger partial charge in [-0.2, -0.15) is 0 Å². The highest BCUT2D eigenvalue weighted by atomic mass is 35.5. The predicted molar refractivity (Wildman–Crippen MR) is 87.4 cm³/mol. The van der Waals surface area contributed by atoms with Gasteiger partial charge in [-0.3, -0.25) is 4.79 Å². The van der Waals surface area contributed by atoms with Crippen LogP contribution < -0.4 is 4.90 Å². The first-order valence-corrected chi connectivity index (χ1v) is 7.51. The second kappa shape index (κ2) is 5.53. The van der Waals surface area contributed by atoms with E-state index in [1.165, 1.54) is 11.3 Å². The number of rotatable bonds is 4. The van der Waals surface area contributed by atoms with Gasteiger partial charge >= 0.3 is 0 Å². The highest BCUT2D eigenvalue weighted by molar-refractivity contribution is 6.30. The maximum absolute atomic E-state index is 12.4. The van der Waals surface area contributed by atoms with Crippen LogP contribution in [0.4, 0.5) is 5.69 Å². The summed E-state index contributed by atoms with van der Waals surface area (Å²) in [5.41, 5.74) is 3.20. The third kappa shape index (κ3) is 2.96. The Bertz CT molecular complexity index is 646. The lowest BCUT2D eigenvalue weighted by molar-refractivity contribution is 0.0965. The summed E-state index contributed by atoms with van der Waals surface area (Å²) in [5, 5.41) is 0.665. The molecule has 3 rings (SSSR count). The average molecular weight is 300 g/mol. The zero-order valence-electron chi connectivity index (χ0n) is 12.2. The standard InChI is InChI=1S/C18H18ClNO/c1-20(2)15-9-5-12(6-10-15)16-11-17(16)18(21)13-3-7-14(19)8-4-13/h3-10,16-17H,11H2,1-2H3/t16-,17+/m1/s1. The number of hydrogen-bond donors (Lipinski definition) is 0. The molecule has 0 amide bonds. The van der Waals surface area contributed by atoms with Gasteiger partial charge in [-0.25, -0.2) is 0 Å². The van der Waals surface area contributed by atoms with E-state index < -0.39 is 0 Å². The number of benzene rings is 2. The SMILES string of the molecule is CN(C)c1ccc([C@H]2C[C@@H]2C(=O)c2ccc(Cl)cc2)cc1. The van der Waals surface area contributed by atoms with Crippen molar-refractivity contribution in [3.8, 4) is 0 Å². The summed E-state index contributed by atoms with van der Waals surface area (Å²) in [6, 6.07) is 15.7. The minimum atomic E-state index is 0.122. The quantitative estimate of drug-likeness (QED) is 0.780. The Morgan fingerprint density at radius 2 is 1.67 bits per heavy atom. The van der Waals surface area contributed by atoms with Gasteiger partial charge in [0.2, 0.25) is 0 Å². The first-order valence-electron chi connectivity index (χ1n) is 7.13. The van der Waals surface area contributed by atoms with Crippen molar-refractivity contribution < 1.29 is 4.79 Å². The fraction of sp³-hybridized carbons (Fsp3) is 0.278. The summed E-state index contributed by atoms with van der Waals surface area (Å²) in [6.07, 6.45) is 0.947. The number of ketones is 1. The van der Waals surface area contributed by atoms with Crippen molar-refractivity contribution in [2.24, 2.45) is 5.92 Å². The van der Waals surface area contributed by atoms with Crippen molar-refractivity contribution in [1.29, 1.82) is 0 Å². The van der Waals surface area contributed by atoms with Crippen molar-refractivity contribution in [1.82, 2.24) is 0 Å². The van der Waals surface area contributed by atoms with Crippen LogP contribution in [0.5, 0.6) is 0 Å².